The summed E-state index contributed by atoms with van der Waals surface area (Å²) in [6, 6.07) is 7.31. The number of benzene rings is 1. The Morgan fingerprint density at radius 3 is 2.38 bits per heavy atom. The van der Waals surface area contributed by atoms with Crippen molar-refractivity contribution in [3.63, 3.8) is 0 Å². The molecule has 0 atom stereocenters. The van der Waals surface area contributed by atoms with Gasteiger partial charge in [0.2, 0.25) is 0 Å². The van der Waals surface area contributed by atoms with Crippen LogP contribution in [0.15, 0.2) is 35.8 Å². The van der Waals surface area contributed by atoms with Crippen molar-refractivity contribution in [3.8, 4) is 0 Å². The van der Waals surface area contributed by atoms with Crippen LogP contribution in [0.5, 0.6) is 0 Å². The van der Waals surface area contributed by atoms with E-state index in [2.05, 4.69) is 10.3 Å². The van der Waals surface area contributed by atoms with Crippen LogP contribution >= 0.6 is 36.2 Å². The van der Waals surface area contributed by atoms with Crippen molar-refractivity contribution in [3.05, 3.63) is 52.0 Å². The lowest BCUT2D eigenvalue weighted by Crippen LogP contribution is -2.40. The maximum absolute atomic E-state index is 12.2. The van der Waals surface area contributed by atoms with Gasteiger partial charge >= 0.3 is 0 Å². The summed E-state index contributed by atoms with van der Waals surface area (Å²) in [5.41, 5.74) is 6.70. The zero-order valence-electron chi connectivity index (χ0n) is 11.8. The molecule has 0 saturated carbocycles. The molecule has 0 aliphatic heterocycles. The number of carbonyl (C=O) groups is 1. The minimum Gasteiger partial charge on any atom is -0.341 e. The van der Waals surface area contributed by atoms with Gasteiger partial charge in [0, 0.05) is 23.7 Å². The summed E-state index contributed by atoms with van der Waals surface area (Å²) in [6.07, 6.45) is 1.74. The normalized spacial score (nSPS) is 10.2. The Balaban J connectivity index is 0.00000200. The summed E-state index contributed by atoms with van der Waals surface area (Å²) >= 11 is 1.53. The third-order valence-corrected chi connectivity index (χ3v) is 3.94. The zero-order valence-corrected chi connectivity index (χ0v) is 14.3. The number of nitrogens with two attached hydrogens (primary N) is 1. The summed E-state index contributed by atoms with van der Waals surface area (Å²) in [5, 5.41) is 5.78. The second-order valence-corrected chi connectivity index (χ2v) is 5.71. The number of aromatic nitrogens is 1. The number of nitrogens with one attached hydrogen (secondary N) is 1. The highest BCUT2D eigenvalue weighted by atomic mass is 35.5. The van der Waals surface area contributed by atoms with Crippen molar-refractivity contribution in [2.45, 2.75) is 25.9 Å². The molecule has 4 nitrogen and oxygen atoms in total. The maximum atomic E-state index is 12.2. The number of rotatable bonds is 4. The highest BCUT2D eigenvalue weighted by Gasteiger charge is 2.25. The molecule has 0 fully saturated rings. The van der Waals surface area contributed by atoms with E-state index in [0.717, 1.165) is 10.6 Å². The SMILES string of the molecule is CC(C)(NC(=O)c1ccc(CN)cc1)c1nccs1.Cl.Cl. The fourth-order valence-corrected chi connectivity index (χ4v) is 2.45. The van der Waals surface area contributed by atoms with E-state index in [9.17, 15) is 4.79 Å². The molecule has 0 bridgehead atoms. The number of thiazole rings is 1. The molecule has 2 rings (SSSR count). The lowest BCUT2D eigenvalue weighted by atomic mass is 10.1. The smallest absolute Gasteiger partial charge is 0.252 e. The van der Waals surface area contributed by atoms with Crippen LogP contribution in [0, 0.1) is 0 Å². The zero-order chi connectivity index (χ0) is 13.9. The van der Waals surface area contributed by atoms with Crippen LogP contribution in [-0.4, -0.2) is 10.9 Å². The van der Waals surface area contributed by atoms with Crippen molar-refractivity contribution in [2.75, 3.05) is 0 Å². The Morgan fingerprint density at radius 2 is 1.90 bits per heavy atom. The Bertz CT molecular complexity index is 556. The Labute approximate surface area is 141 Å². The molecule has 1 aromatic carbocycles. The predicted molar refractivity (Wildman–Crippen MR) is 91.4 cm³/mol. The van der Waals surface area contributed by atoms with Crippen LogP contribution in [0.25, 0.3) is 0 Å². The average molecular weight is 348 g/mol. The molecule has 1 amide bonds. The molecule has 0 aliphatic rings. The van der Waals surface area contributed by atoms with Gasteiger partial charge in [-0.05, 0) is 31.5 Å². The first kappa shape index (κ1) is 19.9. The van der Waals surface area contributed by atoms with E-state index in [0.29, 0.717) is 12.1 Å². The molecule has 21 heavy (non-hydrogen) atoms. The van der Waals surface area contributed by atoms with Crippen molar-refractivity contribution in [1.29, 1.82) is 0 Å². The number of hydrogen-bond donors (Lipinski definition) is 2. The maximum Gasteiger partial charge on any atom is 0.252 e. The highest BCUT2D eigenvalue weighted by molar-refractivity contribution is 7.09. The summed E-state index contributed by atoms with van der Waals surface area (Å²) in [6.45, 7) is 4.36. The number of carbonyl (C=O) groups excluding carboxylic acids is 1. The summed E-state index contributed by atoms with van der Waals surface area (Å²) in [4.78, 5) is 16.4. The van der Waals surface area contributed by atoms with Crippen molar-refractivity contribution in [2.24, 2.45) is 5.73 Å². The molecule has 1 aromatic heterocycles. The number of hydrogen-bond acceptors (Lipinski definition) is 4. The van der Waals surface area contributed by atoms with Crippen molar-refractivity contribution >= 4 is 42.1 Å². The van der Waals surface area contributed by atoms with Crippen LogP contribution in [0.2, 0.25) is 0 Å². The number of nitrogens with zero attached hydrogens (tertiary/aromatic N) is 1. The standard InChI is InChI=1S/C14H17N3OS.2ClH/c1-14(2,13-16-7-8-19-13)17-12(18)11-5-3-10(9-15)4-6-11;;/h3-8H,9,15H2,1-2H3,(H,17,18);2*1H. The molecule has 0 unspecified atom stereocenters. The molecule has 2 aromatic rings. The second kappa shape index (κ2) is 8.34. The molecule has 7 heteroatoms. The van der Waals surface area contributed by atoms with Gasteiger partial charge in [-0.3, -0.25) is 4.79 Å². The first-order valence-corrected chi connectivity index (χ1v) is 6.92. The molecular formula is C14H19Cl2N3OS. The van der Waals surface area contributed by atoms with Gasteiger partial charge in [0.25, 0.3) is 5.91 Å². The molecule has 0 aliphatic carbocycles. The van der Waals surface area contributed by atoms with E-state index < -0.39 is 5.54 Å². The van der Waals surface area contributed by atoms with E-state index in [1.807, 2.05) is 31.4 Å². The van der Waals surface area contributed by atoms with Crippen molar-refractivity contribution < 1.29 is 4.79 Å². The average Bonchev–Trinajstić information content (AvgIpc) is 2.93. The quantitative estimate of drug-likeness (QED) is 0.892. The first-order chi connectivity index (χ1) is 9.03. The first-order valence-electron chi connectivity index (χ1n) is 6.04. The largest absolute Gasteiger partial charge is 0.341 e. The minimum absolute atomic E-state index is 0. The van der Waals surface area contributed by atoms with Gasteiger partial charge < -0.3 is 11.1 Å². The molecule has 1 heterocycles. The Hall–Kier alpha value is -1.14. The molecule has 0 saturated heterocycles. The summed E-state index contributed by atoms with van der Waals surface area (Å²) in [5.74, 6) is -0.108. The molecule has 3 N–H and O–H groups in total. The molecular weight excluding hydrogens is 329 g/mol. The van der Waals surface area contributed by atoms with Gasteiger partial charge in [0.05, 0.1) is 5.54 Å². The monoisotopic (exact) mass is 347 g/mol. The van der Waals surface area contributed by atoms with Gasteiger partial charge in [-0.2, -0.15) is 0 Å². The number of amides is 1. The van der Waals surface area contributed by atoms with E-state index >= 15 is 0 Å². The fraction of sp³-hybridized carbons (Fsp3) is 0.286. The Morgan fingerprint density at radius 1 is 1.29 bits per heavy atom. The third kappa shape index (κ3) is 4.97. The highest BCUT2D eigenvalue weighted by Crippen LogP contribution is 2.22. The van der Waals surface area contributed by atoms with Gasteiger partial charge in [-0.15, -0.1) is 36.2 Å². The summed E-state index contributed by atoms with van der Waals surface area (Å²) in [7, 11) is 0. The predicted octanol–water partition coefficient (Wildman–Crippen LogP) is 3.11. The van der Waals surface area contributed by atoms with Gasteiger partial charge in [-0.1, -0.05) is 12.1 Å². The van der Waals surface area contributed by atoms with E-state index in [4.69, 9.17) is 5.73 Å². The fourth-order valence-electron chi connectivity index (χ4n) is 1.73. The van der Waals surface area contributed by atoms with E-state index in [1.165, 1.54) is 11.3 Å². The van der Waals surface area contributed by atoms with E-state index in [-0.39, 0.29) is 30.7 Å². The molecule has 0 radical (unpaired) electrons. The molecule has 0 spiro atoms. The lowest BCUT2D eigenvalue weighted by molar-refractivity contribution is 0.0912. The van der Waals surface area contributed by atoms with Crippen LogP contribution in [-0.2, 0) is 12.1 Å². The van der Waals surface area contributed by atoms with Gasteiger partial charge in [0.1, 0.15) is 5.01 Å². The number of halogens is 2. The topological polar surface area (TPSA) is 68.0 Å². The van der Waals surface area contributed by atoms with Gasteiger partial charge in [0.15, 0.2) is 0 Å². The second-order valence-electron chi connectivity index (χ2n) is 4.82. The van der Waals surface area contributed by atoms with E-state index in [1.54, 1.807) is 18.3 Å². The van der Waals surface area contributed by atoms with Crippen LogP contribution < -0.4 is 11.1 Å². The molecule has 116 valence electrons. The van der Waals surface area contributed by atoms with Crippen LogP contribution in [0.4, 0.5) is 0 Å². The Kier molecular flexibility index (Phi) is 7.89. The van der Waals surface area contributed by atoms with Gasteiger partial charge in [-0.25, -0.2) is 4.98 Å². The third-order valence-electron chi connectivity index (χ3n) is 2.84. The van der Waals surface area contributed by atoms with Crippen molar-refractivity contribution in [1.82, 2.24) is 10.3 Å². The lowest BCUT2D eigenvalue weighted by Gasteiger charge is -2.23. The minimum atomic E-state index is -0.474. The van der Waals surface area contributed by atoms with Crippen LogP contribution in [0.3, 0.4) is 0 Å². The summed E-state index contributed by atoms with van der Waals surface area (Å²) < 4.78 is 0. The van der Waals surface area contributed by atoms with Crippen LogP contribution in [0.1, 0.15) is 34.8 Å².